The minimum Gasteiger partial charge on any atom is -0.488 e. The summed E-state index contributed by atoms with van der Waals surface area (Å²) in [5.74, 6) is 0.724. The highest BCUT2D eigenvalue weighted by molar-refractivity contribution is 6.36. The van der Waals surface area contributed by atoms with Gasteiger partial charge < -0.3 is 10.1 Å². The molecule has 3 aromatic rings. The summed E-state index contributed by atoms with van der Waals surface area (Å²) in [6, 6.07) is 18.6. The Morgan fingerprint density at radius 3 is 2.11 bits per heavy atom. The molecule has 1 N–H and O–H groups in total. The molecule has 3 aromatic carbocycles. The third-order valence-corrected chi connectivity index (χ3v) is 5.36. The van der Waals surface area contributed by atoms with E-state index >= 15 is 0 Å². The van der Waals surface area contributed by atoms with Gasteiger partial charge in [0, 0.05) is 44.3 Å². The van der Waals surface area contributed by atoms with E-state index in [4.69, 9.17) is 51.1 Å². The normalized spacial score (nSPS) is 10.8. The number of rotatable bonds is 7. The highest BCUT2D eigenvalue weighted by Gasteiger charge is 2.10. The van der Waals surface area contributed by atoms with Crippen molar-refractivity contribution in [3.63, 3.8) is 0 Å². The van der Waals surface area contributed by atoms with Crippen molar-refractivity contribution in [1.29, 1.82) is 0 Å². The van der Waals surface area contributed by atoms with Crippen LogP contribution in [-0.2, 0) is 19.7 Å². The Balaban J connectivity index is 1.69. The molecule has 0 radical (unpaired) electrons. The number of halogens is 4. The maximum atomic E-state index is 6.22. The second-order valence-corrected chi connectivity index (χ2v) is 7.59. The number of nitrogens with one attached hydrogen (secondary N) is 1. The molecule has 3 rings (SSSR count). The molecule has 0 bridgehead atoms. The Bertz CT molecular complexity index is 910. The lowest BCUT2D eigenvalue weighted by Gasteiger charge is -2.14. The fraction of sp³-hybridized carbons (Fsp3) is 0.143. The molecule has 0 aliphatic heterocycles. The van der Waals surface area contributed by atoms with E-state index < -0.39 is 0 Å². The van der Waals surface area contributed by atoms with Crippen molar-refractivity contribution in [3.8, 4) is 5.75 Å². The minimum atomic E-state index is 0.275. The lowest BCUT2D eigenvalue weighted by Crippen LogP contribution is -2.14. The van der Waals surface area contributed by atoms with Crippen molar-refractivity contribution < 1.29 is 4.74 Å². The molecule has 6 heteroatoms. The zero-order chi connectivity index (χ0) is 19.2. The largest absolute Gasteiger partial charge is 0.488 e. The zero-order valence-corrected chi connectivity index (χ0v) is 17.3. The first-order valence-corrected chi connectivity index (χ1v) is 9.84. The van der Waals surface area contributed by atoms with Gasteiger partial charge in [-0.1, -0.05) is 70.7 Å². The average Bonchev–Trinajstić information content (AvgIpc) is 2.64. The molecule has 0 saturated carbocycles. The van der Waals surface area contributed by atoms with Crippen LogP contribution in [0.25, 0.3) is 0 Å². The summed E-state index contributed by atoms with van der Waals surface area (Å²) in [4.78, 5) is 0. The molecule has 0 saturated heterocycles. The van der Waals surface area contributed by atoms with Crippen molar-refractivity contribution >= 4 is 46.4 Å². The Morgan fingerprint density at radius 2 is 1.37 bits per heavy atom. The summed E-state index contributed by atoms with van der Waals surface area (Å²) >= 11 is 24.8. The third kappa shape index (κ3) is 5.54. The van der Waals surface area contributed by atoms with Crippen molar-refractivity contribution in [1.82, 2.24) is 5.32 Å². The van der Waals surface area contributed by atoms with E-state index in [2.05, 4.69) is 5.32 Å². The predicted molar refractivity (Wildman–Crippen MR) is 114 cm³/mol. The summed E-state index contributed by atoms with van der Waals surface area (Å²) in [5, 5.41) is 5.91. The monoisotopic (exact) mass is 439 g/mol. The smallest absolute Gasteiger partial charge is 0.124 e. The molecular weight excluding hydrogens is 424 g/mol. The molecule has 27 heavy (non-hydrogen) atoms. The van der Waals surface area contributed by atoms with Gasteiger partial charge in [0.15, 0.2) is 0 Å². The highest BCUT2D eigenvalue weighted by Crippen LogP contribution is 2.28. The lowest BCUT2D eigenvalue weighted by molar-refractivity contribution is 0.302. The van der Waals surface area contributed by atoms with Gasteiger partial charge in [-0.3, -0.25) is 0 Å². The Hall–Kier alpha value is -1.42. The highest BCUT2D eigenvalue weighted by atomic mass is 35.5. The van der Waals surface area contributed by atoms with Crippen LogP contribution < -0.4 is 10.1 Å². The maximum absolute atomic E-state index is 6.22. The summed E-state index contributed by atoms with van der Waals surface area (Å²) in [5.41, 5.74) is 2.73. The van der Waals surface area contributed by atoms with E-state index in [-0.39, 0.29) is 6.61 Å². The Labute approximate surface area is 179 Å². The van der Waals surface area contributed by atoms with Crippen LogP contribution in [0.4, 0.5) is 0 Å². The van der Waals surface area contributed by atoms with E-state index in [9.17, 15) is 0 Å². The van der Waals surface area contributed by atoms with Crippen LogP contribution in [0, 0.1) is 0 Å². The molecule has 0 aliphatic carbocycles. The van der Waals surface area contributed by atoms with Gasteiger partial charge in [-0.05, 0) is 42.0 Å². The van der Waals surface area contributed by atoms with Gasteiger partial charge in [-0.2, -0.15) is 0 Å². The van der Waals surface area contributed by atoms with E-state index in [1.807, 2.05) is 36.4 Å². The van der Waals surface area contributed by atoms with Crippen LogP contribution in [0.15, 0.2) is 60.7 Å². The summed E-state index contributed by atoms with van der Waals surface area (Å²) in [6.45, 7) is 1.50. The van der Waals surface area contributed by atoms with Crippen LogP contribution >= 0.6 is 46.4 Å². The summed E-state index contributed by atoms with van der Waals surface area (Å²) < 4.78 is 5.97. The molecule has 0 unspecified atom stereocenters. The number of ether oxygens (including phenoxy) is 1. The Kier molecular flexibility index (Phi) is 7.28. The SMILES string of the molecule is Clc1ccc(OCc2c(Cl)cccc2Cl)c(CNCc2ccccc2Cl)c1. The average molecular weight is 441 g/mol. The first-order valence-electron chi connectivity index (χ1n) is 8.33. The van der Waals surface area contributed by atoms with Gasteiger partial charge in [-0.25, -0.2) is 0 Å². The van der Waals surface area contributed by atoms with Crippen molar-refractivity contribution in [2.45, 2.75) is 19.7 Å². The Morgan fingerprint density at radius 1 is 0.704 bits per heavy atom. The van der Waals surface area contributed by atoms with Crippen molar-refractivity contribution in [3.05, 3.63) is 97.4 Å². The fourth-order valence-electron chi connectivity index (χ4n) is 2.62. The van der Waals surface area contributed by atoms with Gasteiger partial charge >= 0.3 is 0 Å². The van der Waals surface area contributed by atoms with Crippen LogP contribution in [0.2, 0.25) is 20.1 Å². The van der Waals surface area contributed by atoms with Crippen molar-refractivity contribution in [2.75, 3.05) is 0 Å². The molecule has 140 valence electrons. The van der Waals surface area contributed by atoms with Crippen molar-refractivity contribution in [2.24, 2.45) is 0 Å². The number of hydrogen-bond acceptors (Lipinski definition) is 2. The van der Waals surface area contributed by atoms with Gasteiger partial charge in [0.1, 0.15) is 12.4 Å². The minimum absolute atomic E-state index is 0.275. The van der Waals surface area contributed by atoms with E-state index in [1.54, 1.807) is 24.3 Å². The first-order chi connectivity index (χ1) is 13.0. The van der Waals surface area contributed by atoms with Gasteiger partial charge in [-0.15, -0.1) is 0 Å². The van der Waals surface area contributed by atoms with Crippen LogP contribution in [0.3, 0.4) is 0 Å². The molecule has 0 spiro atoms. The zero-order valence-electron chi connectivity index (χ0n) is 14.3. The molecule has 0 amide bonds. The maximum Gasteiger partial charge on any atom is 0.124 e. The molecule has 0 aliphatic rings. The van der Waals surface area contributed by atoms with Gasteiger partial charge in [0.2, 0.25) is 0 Å². The molecule has 0 heterocycles. The van der Waals surface area contributed by atoms with Gasteiger partial charge in [0.05, 0.1) is 0 Å². The molecule has 0 atom stereocenters. The molecule has 0 fully saturated rings. The van der Waals surface area contributed by atoms with E-state index in [1.165, 1.54) is 0 Å². The fourth-order valence-corrected chi connectivity index (χ4v) is 3.52. The number of hydrogen-bond donors (Lipinski definition) is 1. The standard InChI is InChI=1S/C21H17Cl4NO/c22-16-8-9-21(27-13-17-19(24)6-3-7-20(17)25)15(10-16)12-26-11-14-4-1-2-5-18(14)23/h1-10,26H,11-13H2. The molecule has 2 nitrogen and oxygen atoms in total. The topological polar surface area (TPSA) is 21.3 Å². The quantitative estimate of drug-likeness (QED) is 0.420. The second-order valence-electron chi connectivity index (χ2n) is 5.94. The van der Waals surface area contributed by atoms with Crippen LogP contribution in [-0.4, -0.2) is 0 Å². The molecular formula is C21H17Cl4NO. The molecule has 0 aromatic heterocycles. The van der Waals surface area contributed by atoms with E-state index in [0.29, 0.717) is 28.2 Å². The first kappa shape index (κ1) is 20.3. The second kappa shape index (κ2) is 9.68. The van der Waals surface area contributed by atoms with E-state index in [0.717, 1.165) is 27.5 Å². The third-order valence-electron chi connectivity index (χ3n) is 4.04. The van der Waals surface area contributed by atoms with Gasteiger partial charge in [0.25, 0.3) is 0 Å². The summed E-state index contributed by atoms with van der Waals surface area (Å²) in [7, 11) is 0. The van der Waals surface area contributed by atoms with Crippen LogP contribution in [0.1, 0.15) is 16.7 Å². The lowest BCUT2D eigenvalue weighted by atomic mass is 10.1. The summed E-state index contributed by atoms with van der Waals surface area (Å²) in [6.07, 6.45) is 0. The number of benzene rings is 3. The van der Waals surface area contributed by atoms with Crippen LogP contribution in [0.5, 0.6) is 5.75 Å². The predicted octanol–water partition coefficient (Wildman–Crippen LogP) is 7.17.